The van der Waals surface area contributed by atoms with Gasteiger partial charge in [0.25, 0.3) is 0 Å². The number of hydrogen-bond donors (Lipinski definition) is 0. The Balaban J connectivity index is 2.34. The molecule has 1 aliphatic heterocycles. The number of hydrogen-bond acceptors (Lipinski definition) is 4. The van der Waals surface area contributed by atoms with Gasteiger partial charge in [0.2, 0.25) is 10.0 Å². The SMILES string of the molecule is CCOC(=O)C1CC=CCN1S(=O)(=O)c1ccc(C)cc1. The van der Waals surface area contributed by atoms with Crippen LogP contribution in [0.15, 0.2) is 41.3 Å². The van der Waals surface area contributed by atoms with Crippen LogP contribution in [0.2, 0.25) is 0 Å². The molecule has 0 saturated carbocycles. The fourth-order valence-electron chi connectivity index (χ4n) is 2.21. The van der Waals surface area contributed by atoms with E-state index in [-0.39, 0.29) is 18.0 Å². The van der Waals surface area contributed by atoms with Crippen LogP contribution in [0.1, 0.15) is 18.9 Å². The van der Waals surface area contributed by atoms with E-state index < -0.39 is 22.0 Å². The summed E-state index contributed by atoms with van der Waals surface area (Å²) in [5, 5.41) is 0. The summed E-state index contributed by atoms with van der Waals surface area (Å²) >= 11 is 0. The number of rotatable bonds is 4. The molecule has 6 heteroatoms. The van der Waals surface area contributed by atoms with Gasteiger partial charge in [0, 0.05) is 6.54 Å². The van der Waals surface area contributed by atoms with Crippen molar-refractivity contribution in [3.8, 4) is 0 Å². The molecule has 1 aliphatic rings. The van der Waals surface area contributed by atoms with Crippen molar-refractivity contribution >= 4 is 16.0 Å². The van der Waals surface area contributed by atoms with Crippen molar-refractivity contribution in [3.63, 3.8) is 0 Å². The van der Waals surface area contributed by atoms with Gasteiger partial charge in [-0.3, -0.25) is 4.79 Å². The van der Waals surface area contributed by atoms with Gasteiger partial charge < -0.3 is 4.74 Å². The van der Waals surface area contributed by atoms with E-state index in [1.165, 1.54) is 4.31 Å². The van der Waals surface area contributed by atoms with Crippen molar-refractivity contribution in [1.82, 2.24) is 4.31 Å². The highest BCUT2D eigenvalue weighted by atomic mass is 32.2. The molecule has 1 aromatic carbocycles. The molecule has 1 aromatic rings. The number of nitrogens with zero attached hydrogens (tertiary/aromatic N) is 1. The second-order valence-corrected chi connectivity index (χ2v) is 6.75. The molecule has 1 atom stereocenters. The minimum absolute atomic E-state index is 0.180. The van der Waals surface area contributed by atoms with E-state index >= 15 is 0 Å². The van der Waals surface area contributed by atoms with Crippen LogP contribution in [0.5, 0.6) is 0 Å². The molecule has 0 bridgehead atoms. The highest BCUT2D eigenvalue weighted by molar-refractivity contribution is 7.89. The summed E-state index contributed by atoms with van der Waals surface area (Å²) in [6.45, 7) is 4.01. The maximum atomic E-state index is 12.7. The molecule has 0 aromatic heterocycles. The zero-order valence-electron chi connectivity index (χ0n) is 12.2. The second-order valence-electron chi connectivity index (χ2n) is 4.86. The third kappa shape index (κ3) is 3.33. The molecule has 2 rings (SSSR count). The Labute approximate surface area is 125 Å². The number of aryl methyl sites for hydroxylation is 1. The van der Waals surface area contributed by atoms with Crippen molar-refractivity contribution in [1.29, 1.82) is 0 Å². The molecule has 114 valence electrons. The first-order valence-electron chi connectivity index (χ1n) is 6.87. The Morgan fingerprint density at radius 2 is 1.95 bits per heavy atom. The summed E-state index contributed by atoms with van der Waals surface area (Å²) in [6, 6.07) is 5.82. The first-order chi connectivity index (χ1) is 9.96. The average Bonchev–Trinajstić information content (AvgIpc) is 2.48. The van der Waals surface area contributed by atoms with E-state index in [2.05, 4.69) is 0 Å². The summed E-state index contributed by atoms with van der Waals surface area (Å²) < 4.78 is 31.6. The van der Waals surface area contributed by atoms with Crippen molar-refractivity contribution in [2.45, 2.75) is 31.2 Å². The lowest BCUT2D eigenvalue weighted by Crippen LogP contribution is -2.47. The second kappa shape index (κ2) is 6.41. The lowest BCUT2D eigenvalue weighted by Gasteiger charge is -2.30. The van der Waals surface area contributed by atoms with Crippen LogP contribution >= 0.6 is 0 Å². The lowest BCUT2D eigenvalue weighted by atomic mass is 10.1. The summed E-state index contributed by atoms with van der Waals surface area (Å²) in [4.78, 5) is 12.2. The lowest BCUT2D eigenvalue weighted by molar-refractivity contribution is -0.147. The number of esters is 1. The molecule has 0 fully saturated rings. The maximum Gasteiger partial charge on any atom is 0.324 e. The highest BCUT2D eigenvalue weighted by Crippen LogP contribution is 2.23. The zero-order chi connectivity index (χ0) is 15.5. The molecule has 21 heavy (non-hydrogen) atoms. The third-order valence-electron chi connectivity index (χ3n) is 3.35. The maximum absolute atomic E-state index is 12.7. The first-order valence-corrected chi connectivity index (χ1v) is 8.31. The van der Waals surface area contributed by atoms with Gasteiger partial charge in [-0.15, -0.1) is 0 Å². The van der Waals surface area contributed by atoms with Crippen LogP contribution in [0, 0.1) is 6.92 Å². The van der Waals surface area contributed by atoms with Gasteiger partial charge in [0.15, 0.2) is 0 Å². The van der Waals surface area contributed by atoms with Gasteiger partial charge in [-0.05, 0) is 32.4 Å². The van der Waals surface area contributed by atoms with Gasteiger partial charge >= 0.3 is 5.97 Å². The van der Waals surface area contributed by atoms with Crippen LogP contribution in [-0.2, 0) is 19.6 Å². The summed E-state index contributed by atoms with van der Waals surface area (Å²) in [5.41, 5.74) is 0.981. The monoisotopic (exact) mass is 309 g/mol. The molecule has 0 saturated heterocycles. The van der Waals surface area contributed by atoms with Gasteiger partial charge in [-0.2, -0.15) is 4.31 Å². The Hall–Kier alpha value is -1.66. The van der Waals surface area contributed by atoms with Crippen molar-refractivity contribution < 1.29 is 17.9 Å². The molecule has 5 nitrogen and oxygen atoms in total. The van der Waals surface area contributed by atoms with E-state index in [1.807, 2.05) is 13.0 Å². The standard InChI is InChI=1S/C15H19NO4S/c1-3-20-15(17)14-6-4-5-11-16(14)21(18,19)13-9-7-12(2)8-10-13/h4-5,7-10,14H,3,6,11H2,1-2H3. The minimum atomic E-state index is -3.71. The zero-order valence-corrected chi connectivity index (χ0v) is 13.0. The molecule has 0 aliphatic carbocycles. The van der Waals surface area contributed by atoms with E-state index in [0.29, 0.717) is 6.42 Å². The Morgan fingerprint density at radius 3 is 2.57 bits per heavy atom. The first kappa shape index (κ1) is 15.7. The number of benzene rings is 1. The topological polar surface area (TPSA) is 63.7 Å². The van der Waals surface area contributed by atoms with Crippen molar-refractivity contribution in [2.75, 3.05) is 13.2 Å². The van der Waals surface area contributed by atoms with E-state index in [0.717, 1.165) is 5.56 Å². The van der Waals surface area contributed by atoms with E-state index in [4.69, 9.17) is 4.74 Å². The van der Waals surface area contributed by atoms with Gasteiger partial charge in [0.1, 0.15) is 6.04 Å². The van der Waals surface area contributed by atoms with E-state index in [9.17, 15) is 13.2 Å². The smallest absolute Gasteiger partial charge is 0.324 e. The number of sulfonamides is 1. The molecule has 0 amide bonds. The predicted octanol–water partition coefficient (Wildman–Crippen LogP) is 1.88. The van der Waals surface area contributed by atoms with Crippen molar-refractivity contribution in [2.24, 2.45) is 0 Å². The fraction of sp³-hybridized carbons (Fsp3) is 0.400. The van der Waals surface area contributed by atoms with E-state index in [1.54, 1.807) is 37.3 Å². The molecule has 1 unspecified atom stereocenters. The van der Waals surface area contributed by atoms with Crippen LogP contribution in [0.4, 0.5) is 0 Å². The number of carbonyl (C=O) groups is 1. The summed E-state index contributed by atoms with van der Waals surface area (Å²) in [6.07, 6.45) is 3.90. The Bertz CT molecular complexity index is 634. The average molecular weight is 309 g/mol. The molecular weight excluding hydrogens is 290 g/mol. The molecular formula is C15H19NO4S. The van der Waals surface area contributed by atoms with Gasteiger partial charge in [-0.25, -0.2) is 8.42 Å². The van der Waals surface area contributed by atoms with Crippen molar-refractivity contribution in [3.05, 3.63) is 42.0 Å². The Kier molecular flexibility index (Phi) is 4.80. The van der Waals surface area contributed by atoms with Gasteiger partial charge in [0.05, 0.1) is 11.5 Å². The molecule has 1 heterocycles. The molecule has 0 radical (unpaired) electrons. The van der Waals surface area contributed by atoms with Crippen LogP contribution in [-0.4, -0.2) is 37.9 Å². The third-order valence-corrected chi connectivity index (χ3v) is 5.23. The normalized spacial score (nSPS) is 19.4. The highest BCUT2D eigenvalue weighted by Gasteiger charge is 2.36. The van der Waals surface area contributed by atoms with Crippen LogP contribution in [0.25, 0.3) is 0 Å². The summed E-state index contributed by atoms with van der Waals surface area (Å²) in [5.74, 6) is -0.502. The molecule has 0 N–H and O–H groups in total. The number of ether oxygens (including phenoxy) is 1. The largest absolute Gasteiger partial charge is 0.465 e. The van der Waals surface area contributed by atoms with Gasteiger partial charge in [-0.1, -0.05) is 29.8 Å². The number of carbonyl (C=O) groups excluding carboxylic acids is 1. The Morgan fingerprint density at radius 1 is 1.29 bits per heavy atom. The molecule has 0 spiro atoms. The summed E-state index contributed by atoms with van der Waals surface area (Å²) in [7, 11) is -3.71. The predicted molar refractivity (Wildman–Crippen MR) is 79.2 cm³/mol. The minimum Gasteiger partial charge on any atom is -0.465 e. The quantitative estimate of drug-likeness (QED) is 0.629. The fourth-order valence-corrected chi connectivity index (χ4v) is 3.75. The van der Waals surface area contributed by atoms with Crippen LogP contribution < -0.4 is 0 Å². The van der Waals surface area contributed by atoms with Crippen LogP contribution in [0.3, 0.4) is 0 Å².